The molecule has 1 unspecified atom stereocenters. The normalized spacial score (nSPS) is 13.1. The molecule has 0 radical (unpaired) electrons. The van der Waals surface area contributed by atoms with Gasteiger partial charge in [0.15, 0.2) is 5.75 Å². The van der Waals surface area contributed by atoms with Crippen molar-refractivity contribution in [2.75, 3.05) is 27.4 Å². The minimum absolute atomic E-state index is 0.0759. The Balaban J connectivity index is 1.67. The highest BCUT2D eigenvalue weighted by Gasteiger charge is 2.40. The lowest BCUT2D eigenvalue weighted by Crippen LogP contribution is -2.38. The molecule has 0 aliphatic carbocycles. The molecule has 5 rings (SSSR count). The third-order valence-electron chi connectivity index (χ3n) is 9.57. The van der Waals surface area contributed by atoms with Gasteiger partial charge in [-0.15, -0.1) is 0 Å². The maximum atomic E-state index is 13.2. The summed E-state index contributed by atoms with van der Waals surface area (Å²) in [5.74, 6) is 1.45. The van der Waals surface area contributed by atoms with E-state index >= 15 is 0 Å². The smallest absolute Gasteiger partial charge is 0.316 e. The summed E-state index contributed by atoms with van der Waals surface area (Å²) in [6.45, 7) is 14.2. The molecule has 306 valence electrons. The number of nitrogens with zero attached hydrogens (tertiary/aromatic N) is 3. The first-order valence-corrected chi connectivity index (χ1v) is 20.8. The molecule has 0 bridgehead atoms. The van der Waals surface area contributed by atoms with E-state index in [1.54, 1.807) is 20.4 Å². The second-order valence-corrected chi connectivity index (χ2v) is 17.0. The second kappa shape index (κ2) is 20.2. The number of esters is 1. The van der Waals surface area contributed by atoms with Crippen LogP contribution in [0.25, 0.3) is 10.9 Å². The van der Waals surface area contributed by atoms with Gasteiger partial charge in [-0.05, 0) is 113 Å². The number of nitriles is 1. The van der Waals surface area contributed by atoms with Crippen LogP contribution < -0.4 is 14.2 Å². The maximum Gasteiger partial charge on any atom is 0.316 e. The van der Waals surface area contributed by atoms with Crippen LogP contribution in [0.5, 0.6) is 17.2 Å². The number of ether oxygens (including phenoxy) is 4. The highest BCUT2D eigenvalue weighted by Crippen LogP contribution is 2.49. The van der Waals surface area contributed by atoms with Crippen molar-refractivity contribution in [2.45, 2.75) is 85.1 Å². The molecule has 2 atom stereocenters. The summed E-state index contributed by atoms with van der Waals surface area (Å²) in [7, 11) is 1.62. The van der Waals surface area contributed by atoms with E-state index in [4.69, 9.17) is 28.0 Å². The molecule has 4 aromatic carbocycles. The van der Waals surface area contributed by atoms with E-state index in [0.29, 0.717) is 17.7 Å². The van der Waals surface area contributed by atoms with E-state index in [2.05, 4.69) is 55.6 Å². The second-order valence-electron chi connectivity index (χ2n) is 15.6. The first kappa shape index (κ1) is 44.2. The van der Waals surface area contributed by atoms with Gasteiger partial charge in [0.25, 0.3) is 8.53 Å². The van der Waals surface area contributed by atoms with Gasteiger partial charge in [-0.1, -0.05) is 60.7 Å². The van der Waals surface area contributed by atoms with Crippen LogP contribution in [-0.4, -0.2) is 61.2 Å². The zero-order valence-electron chi connectivity index (χ0n) is 35.1. The Morgan fingerprint density at radius 3 is 1.93 bits per heavy atom. The van der Waals surface area contributed by atoms with Gasteiger partial charge in [0.05, 0.1) is 51.4 Å². The first-order valence-electron chi connectivity index (χ1n) is 19.6. The number of methoxy groups -OCH3 is 2. The number of rotatable bonds is 19. The molecule has 1 heterocycles. The molecule has 0 aliphatic heterocycles. The van der Waals surface area contributed by atoms with Crippen LogP contribution in [0.2, 0.25) is 0 Å². The van der Waals surface area contributed by atoms with Crippen molar-refractivity contribution in [3.8, 4) is 23.3 Å². The minimum atomic E-state index is -1.67. The number of hydrogen-bond donors (Lipinski definition) is 0. The molecule has 0 spiro atoms. The van der Waals surface area contributed by atoms with Crippen molar-refractivity contribution in [1.82, 2.24) is 9.65 Å². The Kier molecular flexibility index (Phi) is 15.4. The lowest BCUT2D eigenvalue weighted by Gasteiger charge is -2.39. The number of carbonyl (C=O) groups is 1. The average molecular weight is 806 g/mol. The van der Waals surface area contributed by atoms with Crippen molar-refractivity contribution >= 4 is 25.4 Å². The minimum Gasteiger partial charge on any atom is -0.497 e. The van der Waals surface area contributed by atoms with Gasteiger partial charge in [0.1, 0.15) is 22.6 Å². The molecule has 58 heavy (non-hydrogen) atoms. The summed E-state index contributed by atoms with van der Waals surface area (Å²) in [4.78, 5) is 17.8. The highest BCUT2D eigenvalue weighted by molar-refractivity contribution is 7.44. The molecule has 5 aromatic rings. The van der Waals surface area contributed by atoms with E-state index < -0.39 is 25.6 Å². The number of aromatic nitrogens is 1. The molecule has 1 aromatic heterocycles. The third kappa shape index (κ3) is 10.8. The molecule has 0 N–H and O–H groups in total. The van der Waals surface area contributed by atoms with Crippen LogP contribution in [0.1, 0.15) is 77.1 Å². The van der Waals surface area contributed by atoms with Crippen LogP contribution in [-0.2, 0) is 30.6 Å². The van der Waals surface area contributed by atoms with Gasteiger partial charge in [-0.25, -0.2) is 4.67 Å². The molecule has 0 saturated carbocycles. The summed E-state index contributed by atoms with van der Waals surface area (Å²) in [5.41, 5.74) is 2.29. The summed E-state index contributed by atoms with van der Waals surface area (Å²) < 4.78 is 40.3. The van der Waals surface area contributed by atoms with Crippen LogP contribution in [0.3, 0.4) is 0 Å². The van der Waals surface area contributed by atoms with Crippen molar-refractivity contribution < 1.29 is 32.8 Å². The van der Waals surface area contributed by atoms with Gasteiger partial charge in [0, 0.05) is 30.1 Å². The Labute approximate surface area is 345 Å². The zero-order valence-corrected chi connectivity index (χ0v) is 36.0. The molecule has 11 heteroatoms. The molecule has 10 nitrogen and oxygen atoms in total. The maximum absolute atomic E-state index is 13.2. The van der Waals surface area contributed by atoms with Gasteiger partial charge in [0.2, 0.25) is 0 Å². The quantitative estimate of drug-likeness (QED) is 0.0263. The summed E-state index contributed by atoms with van der Waals surface area (Å²) in [5, 5.41) is 10.3. The Morgan fingerprint density at radius 1 is 0.810 bits per heavy atom. The van der Waals surface area contributed by atoms with Crippen molar-refractivity contribution in [3.63, 3.8) is 0 Å². The van der Waals surface area contributed by atoms with Crippen LogP contribution in [0.4, 0.5) is 0 Å². The highest BCUT2D eigenvalue weighted by atomic mass is 31.2. The molecular formula is C47H56N3O7P. The first-order chi connectivity index (χ1) is 27.8. The van der Waals surface area contributed by atoms with E-state index in [1.807, 2.05) is 112 Å². The largest absolute Gasteiger partial charge is 0.497 e. The van der Waals surface area contributed by atoms with Crippen molar-refractivity contribution in [2.24, 2.45) is 5.41 Å². The number of carbonyl (C=O) groups excluding carboxylic acids is 1. The molecule has 0 aliphatic rings. The summed E-state index contributed by atoms with van der Waals surface area (Å²) in [6, 6.07) is 36.0. The van der Waals surface area contributed by atoms with Gasteiger partial charge < -0.3 is 28.0 Å². The monoisotopic (exact) mass is 805 g/mol. The van der Waals surface area contributed by atoms with E-state index in [1.165, 1.54) is 0 Å². The Morgan fingerprint density at radius 2 is 1.40 bits per heavy atom. The predicted octanol–water partition coefficient (Wildman–Crippen LogP) is 10.4. The Bertz CT molecular complexity index is 2060. The Hall–Kier alpha value is -4.88. The van der Waals surface area contributed by atoms with E-state index in [9.17, 15) is 10.1 Å². The van der Waals surface area contributed by atoms with Crippen LogP contribution >= 0.6 is 8.53 Å². The van der Waals surface area contributed by atoms with Gasteiger partial charge >= 0.3 is 5.97 Å². The van der Waals surface area contributed by atoms with Crippen molar-refractivity contribution in [1.29, 1.82) is 5.26 Å². The zero-order chi connectivity index (χ0) is 41.9. The lowest BCUT2D eigenvalue weighted by atomic mass is 9.80. The number of hydrogen-bond acceptors (Lipinski definition) is 10. The van der Waals surface area contributed by atoms with Gasteiger partial charge in [-0.2, -0.15) is 5.26 Å². The number of pyridine rings is 1. The van der Waals surface area contributed by atoms with Crippen molar-refractivity contribution in [3.05, 3.63) is 132 Å². The summed E-state index contributed by atoms with van der Waals surface area (Å²) >= 11 is 0. The number of fused-ring (bicyclic) bond motifs is 1. The van der Waals surface area contributed by atoms with Crippen LogP contribution in [0, 0.1) is 16.7 Å². The number of benzene rings is 4. The van der Waals surface area contributed by atoms with E-state index in [0.717, 1.165) is 39.1 Å². The molecular weight excluding hydrogens is 750 g/mol. The third-order valence-corrected chi connectivity index (χ3v) is 11.8. The molecule has 0 fully saturated rings. The fraction of sp³-hybridized carbons (Fsp3) is 0.383. The predicted molar refractivity (Wildman–Crippen MR) is 229 cm³/mol. The average Bonchev–Trinajstić information content (AvgIpc) is 3.21. The standard InChI is InChI=1S/C47H56N3O7P/c1-33(2)50(34(3)4)58(55-28-14-26-48)57-42(30-35-29-36-15-13-27-49-44(36)43(31-35)56-45(51)46(5,6)7)32-54-47(37-16-11-10-12-17-37,38-18-22-40(52-8)23-19-38)39-20-24-41(53-9)25-21-39/h10-13,15-25,27,29,31,33-34,42H,14,28,30,32H2,1-9H3/t42-,58?/m0/s1. The topological polar surface area (TPSA) is 112 Å². The van der Waals surface area contributed by atoms with Gasteiger partial charge in [-0.3, -0.25) is 9.78 Å². The fourth-order valence-corrected chi connectivity index (χ4v) is 8.47. The fourth-order valence-electron chi connectivity index (χ4n) is 6.77. The summed E-state index contributed by atoms with van der Waals surface area (Å²) in [6.07, 6.45) is 1.69. The lowest BCUT2D eigenvalue weighted by molar-refractivity contribution is -0.142. The molecule has 0 saturated heterocycles. The SMILES string of the molecule is COc1ccc(C(OC[C@H](Cc2cc(OC(=O)C(C)(C)C)c3ncccc3c2)OP(OCCC#N)N(C(C)C)C(C)C)(c2ccccc2)c2ccc(OC)cc2)cc1. The van der Waals surface area contributed by atoms with Crippen LogP contribution in [0.15, 0.2) is 109 Å². The van der Waals surface area contributed by atoms with E-state index in [-0.39, 0.29) is 37.7 Å². The molecule has 0 amide bonds.